The summed E-state index contributed by atoms with van der Waals surface area (Å²) in [5.41, 5.74) is 3.67. The zero-order valence-electron chi connectivity index (χ0n) is 18.1. The number of nitrogens with one attached hydrogen (secondary N) is 2. The molecule has 166 valence electrons. The number of hydrogen-bond donors (Lipinski definition) is 2. The van der Waals surface area contributed by atoms with Crippen molar-refractivity contribution in [3.8, 4) is 0 Å². The fourth-order valence-corrected chi connectivity index (χ4v) is 4.14. The number of aromatic amines is 1. The lowest BCUT2D eigenvalue weighted by molar-refractivity contribution is -0.119. The van der Waals surface area contributed by atoms with Gasteiger partial charge in [0.2, 0.25) is 5.91 Å². The summed E-state index contributed by atoms with van der Waals surface area (Å²) in [4.78, 5) is 47.6. The summed E-state index contributed by atoms with van der Waals surface area (Å²) in [5, 5.41) is 2.90. The highest BCUT2D eigenvalue weighted by molar-refractivity contribution is 5.96. The highest BCUT2D eigenvalue weighted by Gasteiger charge is 2.24. The molecule has 1 aliphatic rings. The first kappa shape index (κ1) is 20.7. The van der Waals surface area contributed by atoms with Crippen LogP contribution in [0.4, 0.5) is 5.69 Å². The third-order valence-electron chi connectivity index (χ3n) is 5.90. The van der Waals surface area contributed by atoms with E-state index in [0.29, 0.717) is 17.9 Å². The lowest BCUT2D eigenvalue weighted by atomic mass is 10.2. The largest absolute Gasteiger partial charge is 0.342 e. The Hall–Kier alpha value is -4.20. The molecule has 8 heteroatoms. The second-order valence-corrected chi connectivity index (χ2v) is 8.14. The third kappa shape index (κ3) is 4.03. The van der Waals surface area contributed by atoms with Crippen LogP contribution >= 0.6 is 0 Å². The normalized spacial score (nSPS) is 13.7. The minimum Gasteiger partial charge on any atom is -0.342 e. The van der Waals surface area contributed by atoms with Crippen LogP contribution in [0, 0.1) is 0 Å². The van der Waals surface area contributed by atoms with Crippen LogP contribution in [-0.2, 0) is 17.8 Å². The minimum atomic E-state index is -0.368. The van der Waals surface area contributed by atoms with E-state index in [0.717, 1.165) is 28.7 Å². The number of aromatic nitrogens is 3. The van der Waals surface area contributed by atoms with Gasteiger partial charge in [-0.05, 0) is 43.2 Å². The Balaban J connectivity index is 1.31. The molecule has 1 aliphatic heterocycles. The van der Waals surface area contributed by atoms with Crippen molar-refractivity contribution in [2.75, 3.05) is 11.4 Å². The number of fused-ring (bicyclic) bond motifs is 2. The van der Waals surface area contributed by atoms with Crippen molar-refractivity contribution in [2.45, 2.75) is 25.9 Å². The molecule has 0 spiro atoms. The molecule has 0 radical (unpaired) electrons. The molecule has 0 saturated carbocycles. The van der Waals surface area contributed by atoms with Gasteiger partial charge in [-0.1, -0.05) is 30.3 Å². The average Bonchev–Trinajstić information content (AvgIpc) is 3.45. The molecule has 0 saturated heterocycles. The molecule has 1 unspecified atom stereocenters. The van der Waals surface area contributed by atoms with E-state index in [1.165, 1.54) is 22.9 Å². The molecule has 2 aromatic heterocycles. The van der Waals surface area contributed by atoms with Crippen LogP contribution in [0.1, 0.15) is 34.7 Å². The van der Waals surface area contributed by atoms with Crippen molar-refractivity contribution < 1.29 is 9.59 Å². The molecule has 33 heavy (non-hydrogen) atoms. The van der Waals surface area contributed by atoms with Gasteiger partial charge in [-0.2, -0.15) is 0 Å². The van der Waals surface area contributed by atoms with Gasteiger partial charge in [-0.25, -0.2) is 4.98 Å². The van der Waals surface area contributed by atoms with Gasteiger partial charge in [-0.3, -0.25) is 14.4 Å². The number of carbonyl (C=O) groups excluding carboxylic acids is 2. The van der Waals surface area contributed by atoms with E-state index in [2.05, 4.69) is 15.3 Å². The predicted molar refractivity (Wildman–Crippen MR) is 125 cm³/mol. The number of carbonyl (C=O) groups is 2. The first-order chi connectivity index (χ1) is 16.0. The van der Waals surface area contributed by atoms with E-state index < -0.39 is 0 Å². The van der Waals surface area contributed by atoms with Crippen LogP contribution in [0.2, 0.25) is 0 Å². The Labute approximate surface area is 189 Å². The number of nitrogens with zero attached hydrogens (tertiary/aromatic N) is 3. The molecule has 1 atom stereocenters. The van der Waals surface area contributed by atoms with Crippen LogP contribution in [0.15, 0.2) is 71.7 Å². The van der Waals surface area contributed by atoms with Crippen molar-refractivity contribution in [1.82, 2.24) is 19.9 Å². The molecule has 2 amide bonds. The molecular formula is C25H23N5O3. The van der Waals surface area contributed by atoms with Crippen LogP contribution in [0.25, 0.3) is 11.0 Å². The van der Waals surface area contributed by atoms with Gasteiger partial charge >= 0.3 is 0 Å². The van der Waals surface area contributed by atoms with Crippen molar-refractivity contribution in [3.05, 3.63) is 94.2 Å². The van der Waals surface area contributed by atoms with Crippen LogP contribution in [-0.4, -0.2) is 32.9 Å². The van der Waals surface area contributed by atoms with Gasteiger partial charge in [-0.15, -0.1) is 0 Å². The number of hydrogen-bond acceptors (Lipinski definition) is 4. The number of rotatable bonds is 5. The summed E-state index contributed by atoms with van der Waals surface area (Å²) in [7, 11) is 0. The SMILES string of the molecule is CC(NC(=O)c1ccc(=O)n(CC(=O)N2CCc3ccccc32)c1)c1nc2ccccc2[nH]1. The lowest BCUT2D eigenvalue weighted by Crippen LogP contribution is -2.36. The predicted octanol–water partition coefficient (Wildman–Crippen LogP) is 2.80. The fraction of sp³-hybridized carbons (Fsp3) is 0.200. The quantitative estimate of drug-likeness (QED) is 0.497. The maximum absolute atomic E-state index is 12.9. The highest BCUT2D eigenvalue weighted by Crippen LogP contribution is 2.27. The van der Waals surface area contributed by atoms with Gasteiger partial charge in [0, 0.05) is 24.5 Å². The molecule has 3 heterocycles. The Morgan fingerprint density at radius 2 is 1.88 bits per heavy atom. The second kappa shape index (κ2) is 8.38. The number of anilines is 1. The van der Waals surface area contributed by atoms with E-state index in [1.807, 2.05) is 55.5 Å². The van der Waals surface area contributed by atoms with Gasteiger partial charge in [0.15, 0.2) is 0 Å². The Morgan fingerprint density at radius 3 is 2.73 bits per heavy atom. The third-order valence-corrected chi connectivity index (χ3v) is 5.90. The smallest absolute Gasteiger partial charge is 0.253 e. The maximum Gasteiger partial charge on any atom is 0.253 e. The molecular weight excluding hydrogens is 418 g/mol. The minimum absolute atomic E-state index is 0.132. The molecule has 2 aromatic carbocycles. The van der Waals surface area contributed by atoms with Crippen molar-refractivity contribution >= 4 is 28.5 Å². The number of amides is 2. The standard InChI is InChI=1S/C25H23N5O3/c1-16(24-27-19-7-3-4-8-20(19)28-24)26-25(33)18-10-11-22(31)29(14-18)15-23(32)30-13-12-17-6-2-5-9-21(17)30/h2-11,14,16H,12-13,15H2,1H3,(H,26,33)(H,27,28). The molecule has 4 aromatic rings. The van der Waals surface area contributed by atoms with Gasteiger partial charge < -0.3 is 19.8 Å². The number of H-pyrrole nitrogens is 1. The zero-order chi connectivity index (χ0) is 22.9. The van der Waals surface area contributed by atoms with Crippen LogP contribution < -0.4 is 15.8 Å². The highest BCUT2D eigenvalue weighted by atomic mass is 16.2. The first-order valence-electron chi connectivity index (χ1n) is 10.8. The molecule has 0 aliphatic carbocycles. The monoisotopic (exact) mass is 441 g/mol. The summed E-state index contributed by atoms with van der Waals surface area (Å²) in [6.07, 6.45) is 2.22. The lowest BCUT2D eigenvalue weighted by Gasteiger charge is -2.18. The molecule has 0 fully saturated rings. The van der Waals surface area contributed by atoms with Crippen molar-refractivity contribution in [1.29, 1.82) is 0 Å². The summed E-state index contributed by atoms with van der Waals surface area (Å²) < 4.78 is 1.28. The van der Waals surface area contributed by atoms with Gasteiger partial charge in [0.1, 0.15) is 12.4 Å². The molecule has 8 nitrogen and oxygen atoms in total. The topological polar surface area (TPSA) is 100 Å². The average molecular weight is 441 g/mol. The summed E-state index contributed by atoms with van der Waals surface area (Å²) in [6.45, 7) is 2.29. The Bertz CT molecular complexity index is 1390. The van der Waals surface area contributed by atoms with Gasteiger partial charge in [0.25, 0.3) is 11.5 Å². The number of imidazole rings is 1. The van der Waals surface area contributed by atoms with E-state index in [-0.39, 0.29) is 30.0 Å². The fourth-order valence-electron chi connectivity index (χ4n) is 4.14. The molecule has 2 N–H and O–H groups in total. The number of benzene rings is 2. The second-order valence-electron chi connectivity index (χ2n) is 8.14. The summed E-state index contributed by atoms with van der Waals surface area (Å²) >= 11 is 0. The maximum atomic E-state index is 12.9. The Morgan fingerprint density at radius 1 is 1.09 bits per heavy atom. The number of pyridine rings is 1. The molecule has 5 rings (SSSR count). The molecule has 0 bridgehead atoms. The first-order valence-corrected chi connectivity index (χ1v) is 10.8. The van der Waals surface area contributed by atoms with Crippen molar-refractivity contribution in [3.63, 3.8) is 0 Å². The zero-order valence-corrected chi connectivity index (χ0v) is 18.1. The Kier molecular flexibility index (Phi) is 5.26. The summed E-state index contributed by atoms with van der Waals surface area (Å²) in [6, 6.07) is 17.8. The number of para-hydroxylation sites is 3. The van der Waals surface area contributed by atoms with E-state index in [4.69, 9.17) is 0 Å². The van der Waals surface area contributed by atoms with E-state index >= 15 is 0 Å². The van der Waals surface area contributed by atoms with Crippen LogP contribution in [0.5, 0.6) is 0 Å². The van der Waals surface area contributed by atoms with Crippen LogP contribution in [0.3, 0.4) is 0 Å². The van der Waals surface area contributed by atoms with Gasteiger partial charge in [0.05, 0.1) is 22.6 Å². The van der Waals surface area contributed by atoms with Crippen molar-refractivity contribution in [2.24, 2.45) is 0 Å². The van der Waals surface area contributed by atoms with E-state index in [9.17, 15) is 14.4 Å². The summed E-state index contributed by atoms with van der Waals surface area (Å²) in [5.74, 6) is 0.103. The van der Waals surface area contributed by atoms with E-state index in [1.54, 1.807) is 4.90 Å².